The zero-order valence-corrected chi connectivity index (χ0v) is 10.3. The minimum atomic E-state index is 0.321. The van der Waals surface area contributed by atoms with Crippen molar-refractivity contribution in [2.24, 2.45) is 0 Å². The van der Waals surface area contributed by atoms with Crippen LogP contribution in [0, 0.1) is 6.92 Å². The highest BCUT2D eigenvalue weighted by molar-refractivity contribution is 9.10. The maximum atomic E-state index is 6.10. The molecule has 0 aliphatic heterocycles. The number of hydrogen-bond donors (Lipinski definition) is 1. The van der Waals surface area contributed by atoms with Gasteiger partial charge in [-0.2, -0.15) is 0 Å². The number of rotatable bonds is 1. The number of halogens is 2. The van der Waals surface area contributed by atoms with Gasteiger partial charge in [0.2, 0.25) is 0 Å². The molecule has 3 nitrogen and oxygen atoms in total. The van der Waals surface area contributed by atoms with Crippen LogP contribution in [0.25, 0.3) is 11.3 Å². The smallest absolute Gasteiger partial charge is 0.184 e. The quantitative estimate of drug-likeness (QED) is 0.871. The first-order chi connectivity index (χ1) is 7.09. The van der Waals surface area contributed by atoms with E-state index in [4.69, 9.17) is 21.9 Å². The first kappa shape index (κ1) is 10.5. The van der Waals surface area contributed by atoms with E-state index >= 15 is 0 Å². The van der Waals surface area contributed by atoms with E-state index < -0.39 is 0 Å². The van der Waals surface area contributed by atoms with Crippen molar-refractivity contribution in [3.8, 4) is 11.3 Å². The van der Waals surface area contributed by atoms with E-state index in [9.17, 15) is 0 Å². The zero-order chi connectivity index (χ0) is 11.0. The number of nitrogen functional groups attached to an aromatic ring is 1. The lowest BCUT2D eigenvalue weighted by Crippen LogP contribution is -1.84. The molecule has 0 fully saturated rings. The summed E-state index contributed by atoms with van der Waals surface area (Å²) in [6.07, 6.45) is 0. The maximum Gasteiger partial charge on any atom is 0.184 e. The second-order valence-corrected chi connectivity index (χ2v) is 4.39. The number of aryl methyl sites for hydroxylation is 1. The van der Waals surface area contributed by atoms with E-state index in [1.165, 1.54) is 0 Å². The lowest BCUT2D eigenvalue weighted by atomic mass is 10.1. The summed E-state index contributed by atoms with van der Waals surface area (Å²) < 4.78 is 5.73. The van der Waals surface area contributed by atoms with Crippen LogP contribution in [0.1, 0.15) is 5.56 Å². The Balaban J connectivity index is 2.59. The summed E-state index contributed by atoms with van der Waals surface area (Å²) in [6.45, 7) is 1.97. The van der Waals surface area contributed by atoms with Gasteiger partial charge in [-0.25, -0.2) is 0 Å². The van der Waals surface area contributed by atoms with Crippen LogP contribution in [0.3, 0.4) is 0 Å². The van der Waals surface area contributed by atoms with Gasteiger partial charge in [-0.1, -0.05) is 22.8 Å². The number of nitrogens with two attached hydrogens (primary N) is 1. The van der Waals surface area contributed by atoms with Crippen molar-refractivity contribution < 1.29 is 4.52 Å². The van der Waals surface area contributed by atoms with E-state index in [1.807, 2.05) is 25.1 Å². The molecule has 15 heavy (non-hydrogen) atoms. The predicted octanol–water partition coefficient (Wildman–Crippen LogP) is 3.65. The van der Waals surface area contributed by atoms with Crippen LogP contribution in [0.15, 0.2) is 27.2 Å². The molecule has 2 rings (SSSR count). The largest absolute Gasteiger partial charge is 0.380 e. The normalized spacial score (nSPS) is 10.6. The van der Waals surface area contributed by atoms with Crippen molar-refractivity contribution in [2.45, 2.75) is 6.92 Å². The van der Waals surface area contributed by atoms with Crippen LogP contribution in [-0.4, -0.2) is 5.16 Å². The van der Waals surface area contributed by atoms with Crippen molar-refractivity contribution in [3.63, 3.8) is 0 Å². The van der Waals surface area contributed by atoms with Crippen LogP contribution < -0.4 is 5.73 Å². The molecule has 0 saturated carbocycles. The first-order valence-electron chi connectivity index (χ1n) is 4.26. The number of benzene rings is 1. The molecule has 0 radical (unpaired) electrons. The Hall–Kier alpha value is -1.00. The molecule has 0 unspecified atom stereocenters. The molecule has 78 valence electrons. The van der Waals surface area contributed by atoms with Gasteiger partial charge in [-0.15, -0.1) is 0 Å². The monoisotopic (exact) mass is 286 g/mol. The third-order valence-corrected chi connectivity index (χ3v) is 3.11. The summed E-state index contributed by atoms with van der Waals surface area (Å²) in [6, 6.07) is 5.69. The van der Waals surface area contributed by atoms with Gasteiger partial charge < -0.3 is 10.3 Å². The molecule has 1 heterocycles. The molecule has 0 amide bonds. The van der Waals surface area contributed by atoms with Crippen molar-refractivity contribution in [2.75, 3.05) is 5.73 Å². The van der Waals surface area contributed by atoms with Gasteiger partial charge >= 0.3 is 0 Å². The molecular formula is C10H8BrClN2O. The molecule has 0 aliphatic rings. The van der Waals surface area contributed by atoms with Gasteiger partial charge in [0, 0.05) is 5.56 Å². The van der Waals surface area contributed by atoms with Gasteiger partial charge in [-0.3, -0.25) is 0 Å². The van der Waals surface area contributed by atoms with E-state index in [-0.39, 0.29) is 0 Å². The molecule has 5 heteroatoms. The molecule has 2 N–H and O–H groups in total. The fourth-order valence-electron chi connectivity index (χ4n) is 1.26. The van der Waals surface area contributed by atoms with Crippen molar-refractivity contribution >= 4 is 33.3 Å². The number of anilines is 1. The Morgan fingerprint density at radius 2 is 2.20 bits per heavy atom. The molecular weight excluding hydrogens is 279 g/mol. The van der Waals surface area contributed by atoms with Gasteiger partial charge in [0.1, 0.15) is 4.47 Å². The molecule has 0 aliphatic carbocycles. The highest BCUT2D eigenvalue weighted by Gasteiger charge is 2.15. The Morgan fingerprint density at radius 1 is 1.47 bits per heavy atom. The minimum Gasteiger partial charge on any atom is -0.380 e. The summed E-state index contributed by atoms with van der Waals surface area (Å²) in [7, 11) is 0. The van der Waals surface area contributed by atoms with Crippen molar-refractivity contribution in [3.05, 3.63) is 33.3 Å². The average molecular weight is 288 g/mol. The highest BCUT2D eigenvalue weighted by Crippen LogP contribution is 2.36. The lowest BCUT2D eigenvalue weighted by Gasteiger charge is -2.01. The van der Waals surface area contributed by atoms with E-state index in [0.29, 0.717) is 21.1 Å². The third-order valence-electron chi connectivity index (χ3n) is 2.03. The summed E-state index contributed by atoms with van der Waals surface area (Å²) in [5.41, 5.74) is 7.43. The molecule has 2 aromatic rings. The van der Waals surface area contributed by atoms with E-state index in [2.05, 4.69) is 21.1 Å². The van der Waals surface area contributed by atoms with E-state index in [0.717, 1.165) is 11.1 Å². The summed E-state index contributed by atoms with van der Waals surface area (Å²) in [4.78, 5) is 0. The minimum absolute atomic E-state index is 0.321. The molecule has 0 atom stereocenters. The van der Waals surface area contributed by atoms with Crippen LogP contribution in [0.2, 0.25) is 5.02 Å². The SMILES string of the molecule is Cc1ccc(-c2onc(N)c2Br)c(Cl)c1. The predicted molar refractivity (Wildman–Crippen MR) is 63.8 cm³/mol. The second-order valence-electron chi connectivity index (χ2n) is 3.19. The van der Waals surface area contributed by atoms with Crippen LogP contribution in [0.5, 0.6) is 0 Å². The Labute approximate surface area is 100 Å². The van der Waals surface area contributed by atoms with Crippen molar-refractivity contribution in [1.29, 1.82) is 0 Å². The number of nitrogens with zero attached hydrogens (tertiary/aromatic N) is 1. The third kappa shape index (κ3) is 1.87. The molecule has 0 bridgehead atoms. The van der Waals surface area contributed by atoms with Crippen molar-refractivity contribution in [1.82, 2.24) is 5.16 Å². The molecule has 0 saturated heterocycles. The van der Waals surface area contributed by atoms with Gasteiger partial charge in [-0.05, 0) is 40.5 Å². The van der Waals surface area contributed by atoms with Gasteiger partial charge in [0.15, 0.2) is 11.6 Å². The Kier molecular flexibility index (Phi) is 2.71. The lowest BCUT2D eigenvalue weighted by molar-refractivity contribution is 0.435. The molecule has 0 spiro atoms. The Morgan fingerprint density at radius 3 is 2.73 bits per heavy atom. The zero-order valence-electron chi connectivity index (χ0n) is 7.92. The van der Waals surface area contributed by atoms with Gasteiger partial charge in [0.25, 0.3) is 0 Å². The van der Waals surface area contributed by atoms with Crippen LogP contribution in [0.4, 0.5) is 5.82 Å². The van der Waals surface area contributed by atoms with Crippen LogP contribution in [-0.2, 0) is 0 Å². The fourth-order valence-corrected chi connectivity index (χ4v) is 1.94. The first-order valence-corrected chi connectivity index (χ1v) is 5.44. The topological polar surface area (TPSA) is 52.0 Å². The molecule has 1 aromatic carbocycles. The van der Waals surface area contributed by atoms with Gasteiger partial charge in [0.05, 0.1) is 5.02 Å². The number of hydrogen-bond acceptors (Lipinski definition) is 3. The number of aromatic nitrogens is 1. The second kappa shape index (κ2) is 3.87. The standard InChI is InChI=1S/C10H8BrClN2O/c1-5-2-3-6(7(12)4-5)9-8(11)10(13)14-15-9/h2-4H,1H3,(H2,13,14). The summed E-state index contributed by atoms with van der Waals surface area (Å²) in [5, 5.41) is 4.27. The van der Waals surface area contributed by atoms with Crippen LogP contribution >= 0.6 is 27.5 Å². The highest BCUT2D eigenvalue weighted by atomic mass is 79.9. The van der Waals surface area contributed by atoms with E-state index in [1.54, 1.807) is 0 Å². The molecule has 1 aromatic heterocycles. The fraction of sp³-hybridized carbons (Fsp3) is 0.100. The Bertz CT molecular complexity index is 510. The average Bonchev–Trinajstić information content (AvgIpc) is 2.49. The summed E-state index contributed by atoms with van der Waals surface area (Å²) >= 11 is 9.40. The summed E-state index contributed by atoms with van der Waals surface area (Å²) in [5.74, 6) is 0.874. The maximum absolute atomic E-state index is 6.10.